The number of benzene rings is 2. The lowest BCUT2D eigenvalue weighted by Gasteiger charge is -2.12. The van der Waals surface area contributed by atoms with Crippen LogP contribution in [0.5, 0.6) is 5.75 Å². The molecule has 0 saturated carbocycles. The van der Waals surface area contributed by atoms with Gasteiger partial charge in [-0.15, -0.1) is 0 Å². The topological polar surface area (TPSA) is 21.3 Å². The van der Waals surface area contributed by atoms with E-state index in [1.165, 1.54) is 12.1 Å². The standard InChI is InChI=1S/C16H14Cl2FNO/c1-2-7-21-16-14(17)8-11(9-15(16)18)10-20-13-5-3-12(19)4-6-13/h2-6,8-9,20H,1,7,10H2. The van der Waals surface area contributed by atoms with E-state index >= 15 is 0 Å². The minimum Gasteiger partial charge on any atom is -0.486 e. The molecule has 0 aromatic heterocycles. The number of hydrogen-bond donors (Lipinski definition) is 1. The van der Waals surface area contributed by atoms with Crippen LogP contribution in [0.4, 0.5) is 10.1 Å². The average molecular weight is 326 g/mol. The van der Waals surface area contributed by atoms with Gasteiger partial charge in [-0.25, -0.2) is 4.39 Å². The van der Waals surface area contributed by atoms with Crippen LogP contribution in [0, 0.1) is 5.82 Å². The predicted octanol–water partition coefficient (Wildman–Crippen LogP) is 5.31. The van der Waals surface area contributed by atoms with Crippen LogP contribution in [0.15, 0.2) is 49.1 Å². The molecular formula is C16H14Cl2FNO. The quantitative estimate of drug-likeness (QED) is 0.727. The lowest BCUT2D eigenvalue weighted by atomic mass is 10.2. The van der Waals surface area contributed by atoms with Gasteiger partial charge in [-0.1, -0.05) is 35.9 Å². The largest absolute Gasteiger partial charge is 0.486 e. The Morgan fingerprint density at radius 1 is 1.14 bits per heavy atom. The summed E-state index contributed by atoms with van der Waals surface area (Å²) in [6.07, 6.45) is 1.62. The second kappa shape index (κ2) is 7.34. The Morgan fingerprint density at radius 2 is 1.76 bits per heavy atom. The zero-order valence-electron chi connectivity index (χ0n) is 11.2. The van der Waals surface area contributed by atoms with Crippen molar-refractivity contribution < 1.29 is 9.13 Å². The second-order valence-corrected chi connectivity index (χ2v) is 5.16. The van der Waals surface area contributed by atoms with Crippen molar-refractivity contribution in [2.24, 2.45) is 0 Å². The molecule has 110 valence electrons. The van der Waals surface area contributed by atoms with Gasteiger partial charge < -0.3 is 10.1 Å². The molecule has 0 unspecified atom stereocenters. The summed E-state index contributed by atoms with van der Waals surface area (Å²) >= 11 is 12.3. The highest BCUT2D eigenvalue weighted by atomic mass is 35.5. The Hall–Kier alpha value is -1.71. The van der Waals surface area contributed by atoms with Gasteiger partial charge in [0, 0.05) is 12.2 Å². The van der Waals surface area contributed by atoms with Gasteiger partial charge in [0.1, 0.15) is 12.4 Å². The van der Waals surface area contributed by atoms with Crippen molar-refractivity contribution in [2.75, 3.05) is 11.9 Å². The average Bonchev–Trinajstić information content (AvgIpc) is 2.46. The summed E-state index contributed by atoms with van der Waals surface area (Å²) in [5, 5.41) is 4.05. The summed E-state index contributed by atoms with van der Waals surface area (Å²) in [5.74, 6) is 0.180. The highest BCUT2D eigenvalue weighted by Crippen LogP contribution is 2.34. The number of rotatable bonds is 6. The smallest absolute Gasteiger partial charge is 0.156 e. The molecular weight excluding hydrogens is 312 g/mol. The summed E-state index contributed by atoms with van der Waals surface area (Å²) in [7, 11) is 0. The molecule has 2 aromatic rings. The lowest BCUT2D eigenvalue weighted by Crippen LogP contribution is -2.01. The zero-order chi connectivity index (χ0) is 15.2. The number of hydrogen-bond acceptors (Lipinski definition) is 2. The number of ether oxygens (including phenoxy) is 1. The molecule has 0 aliphatic rings. The molecule has 1 N–H and O–H groups in total. The van der Waals surface area contributed by atoms with E-state index in [2.05, 4.69) is 11.9 Å². The van der Waals surface area contributed by atoms with Crippen LogP contribution < -0.4 is 10.1 Å². The molecule has 2 nitrogen and oxygen atoms in total. The maximum atomic E-state index is 12.8. The summed E-state index contributed by atoms with van der Waals surface area (Å²) in [5.41, 5.74) is 1.72. The summed E-state index contributed by atoms with van der Waals surface area (Å²) in [6, 6.07) is 9.69. The van der Waals surface area contributed by atoms with Gasteiger partial charge in [0.15, 0.2) is 5.75 Å². The molecule has 0 aliphatic carbocycles. The van der Waals surface area contributed by atoms with Crippen molar-refractivity contribution in [1.82, 2.24) is 0 Å². The third-order valence-electron chi connectivity index (χ3n) is 2.74. The van der Waals surface area contributed by atoms with E-state index in [-0.39, 0.29) is 5.82 Å². The highest BCUT2D eigenvalue weighted by Gasteiger charge is 2.09. The fourth-order valence-electron chi connectivity index (χ4n) is 1.77. The van der Waals surface area contributed by atoms with E-state index in [9.17, 15) is 4.39 Å². The third kappa shape index (κ3) is 4.38. The first-order valence-electron chi connectivity index (χ1n) is 6.31. The van der Waals surface area contributed by atoms with Crippen molar-refractivity contribution in [3.05, 3.63) is 70.5 Å². The molecule has 0 aliphatic heterocycles. The third-order valence-corrected chi connectivity index (χ3v) is 3.31. The first kappa shape index (κ1) is 15.7. The fourth-order valence-corrected chi connectivity index (χ4v) is 2.41. The van der Waals surface area contributed by atoms with Crippen LogP contribution in [-0.4, -0.2) is 6.61 Å². The minimum absolute atomic E-state index is 0.268. The van der Waals surface area contributed by atoms with Crippen LogP contribution in [0.1, 0.15) is 5.56 Å². The molecule has 0 bridgehead atoms. The van der Waals surface area contributed by atoms with Gasteiger partial charge in [0.05, 0.1) is 10.0 Å². The molecule has 0 fully saturated rings. The monoisotopic (exact) mass is 325 g/mol. The van der Waals surface area contributed by atoms with E-state index in [1.54, 1.807) is 30.3 Å². The van der Waals surface area contributed by atoms with Crippen LogP contribution in [-0.2, 0) is 6.54 Å². The molecule has 21 heavy (non-hydrogen) atoms. The minimum atomic E-state index is -0.268. The Labute approximate surface area is 133 Å². The summed E-state index contributed by atoms with van der Waals surface area (Å²) in [4.78, 5) is 0. The Morgan fingerprint density at radius 3 is 2.33 bits per heavy atom. The van der Waals surface area contributed by atoms with Crippen LogP contribution in [0.2, 0.25) is 10.0 Å². The highest BCUT2D eigenvalue weighted by molar-refractivity contribution is 6.37. The predicted molar refractivity (Wildman–Crippen MR) is 85.9 cm³/mol. The van der Waals surface area contributed by atoms with E-state index < -0.39 is 0 Å². The number of halogens is 3. The Bertz CT molecular complexity index is 606. The SMILES string of the molecule is C=CCOc1c(Cl)cc(CNc2ccc(F)cc2)cc1Cl. The van der Waals surface area contributed by atoms with Gasteiger partial charge in [0.2, 0.25) is 0 Å². The van der Waals surface area contributed by atoms with Gasteiger partial charge in [-0.3, -0.25) is 0 Å². The fraction of sp³-hybridized carbons (Fsp3) is 0.125. The van der Waals surface area contributed by atoms with Crippen molar-refractivity contribution in [2.45, 2.75) is 6.54 Å². The van der Waals surface area contributed by atoms with Crippen LogP contribution in [0.25, 0.3) is 0 Å². The summed E-state index contributed by atoms with van der Waals surface area (Å²) < 4.78 is 18.2. The molecule has 5 heteroatoms. The molecule has 2 rings (SSSR count). The zero-order valence-corrected chi connectivity index (χ0v) is 12.7. The molecule has 0 radical (unpaired) electrons. The van der Waals surface area contributed by atoms with Gasteiger partial charge >= 0.3 is 0 Å². The van der Waals surface area contributed by atoms with Crippen molar-refractivity contribution >= 4 is 28.9 Å². The van der Waals surface area contributed by atoms with E-state index in [0.717, 1.165) is 11.3 Å². The Balaban J connectivity index is 2.07. The maximum absolute atomic E-state index is 12.8. The first-order chi connectivity index (χ1) is 10.1. The second-order valence-electron chi connectivity index (χ2n) is 4.35. The summed E-state index contributed by atoms with van der Waals surface area (Å²) in [6.45, 7) is 4.43. The van der Waals surface area contributed by atoms with Gasteiger partial charge in [-0.2, -0.15) is 0 Å². The van der Waals surface area contributed by atoms with Crippen LogP contribution >= 0.6 is 23.2 Å². The number of anilines is 1. The Kier molecular flexibility index (Phi) is 5.48. The van der Waals surface area contributed by atoms with E-state index in [1.807, 2.05) is 0 Å². The molecule has 2 aromatic carbocycles. The van der Waals surface area contributed by atoms with Gasteiger partial charge in [-0.05, 0) is 42.0 Å². The van der Waals surface area contributed by atoms with Crippen LogP contribution in [0.3, 0.4) is 0 Å². The van der Waals surface area contributed by atoms with E-state index in [0.29, 0.717) is 28.9 Å². The lowest BCUT2D eigenvalue weighted by molar-refractivity contribution is 0.363. The first-order valence-corrected chi connectivity index (χ1v) is 7.07. The molecule has 0 atom stereocenters. The molecule has 0 saturated heterocycles. The normalized spacial score (nSPS) is 10.2. The van der Waals surface area contributed by atoms with E-state index in [4.69, 9.17) is 27.9 Å². The molecule has 0 heterocycles. The maximum Gasteiger partial charge on any atom is 0.156 e. The molecule has 0 amide bonds. The van der Waals surface area contributed by atoms with Crippen molar-refractivity contribution in [3.8, 4) is 5.75 Å². The van der Waals surface area contributed by atoms with Crippen molar-refractivity contribution in [1.29, 1.82) is 0 Å². The number of nitrogens with one attached hydrogen (secondary N) is 1. The van der Waals surface area contributed by atoms with Gasteiger partial charge in [0.25, 0.3) is 0 Å². The molecule has 0 spiro atoms. The van der Waals surface area contributed by atoms with Crippen molar-refractivity contribution in [3.63, 3.8) is 0 Å².